The number of piperazine rings is 1. The van der Waals surface area contributed by atoms with Gasteiger partial charge in [-0.2, -0.15) is 0 Å². The average molecular weight is 296 g/mol. The highest BCUT2D eigenvalue weighted by Crippen LogP contribution is 2.14. The number of carbonyl (C=O) groups is 1. The van der Waals surface area contributed by atoms with Gasteiger partial charge in [-0.3, -0.25) is 4.79 Å². The molecule has 0 spiro atoms. The molecule has 0 atom stereocenters. The van der Waals surface area contributed by atoms with Crippen molar-refractivity contribution in [2.75, 3.05) is 39.8 Å². The Kier molecular flexibility index (Phi) is 5.83. The molecule has 1 aromatic carbocycles. The molecule has 1 heterocycles. The molecular weight excluding hydrogens is 274 g/mol. The second kappa shape index (κ2) is 7.62. The first-order valence-electron chi connectivity index (χ1n) is 7.06. The van der Waals surface area contributed by atoms with Crippen LogP contribution in [0.5, 0.6) is 0 Å². The van der Waals surface area contributed by atoms with Gasteiger partial charge in [0.25, 0.3) is 0 Å². The van der Waals surface area contributed by atoms with E-state index in [2.05, 4.69) is 22.2 Å². The molecular formula is C15H22ClN3O. The SMILES string of the molecule is CN1CCN(CCC(=O)NCc2ccccc2Cl)CC1. The van der Waals surface area contributed by atoms with Crippen molar-refractivity contribution in [3.63, 3.8) is 0 Å². The Morgan fingerprint density at radius 2 is 1.95 bits per heavy atom. The van der Waals surface area contributed by atoms with E-state index in [0.29, 0.717) is 18.0 Å². The van der Waals surface area contributed by atoms with Crippen LogP contribution in [0.4, 0.5) is 0 Å². The second-order valence-electron chi connectivity index (χ2n) is 5.26. The van der Waals surface area contributed by atoms with E-state index in [1.54, 1.807) is 0 Å². The van der Waals surface area contributed by atoms with Gasteiger partial charge >= 0.3 is 0 Å². The van der Waals surface area contributed by atoms with Crippen molar-refractivity contribution in [2.24, 2.45) is 0 Å². The lowest BCUT2D eigenvalue weighted by molar-refractivity contribution is -0.121. The minimum atomic E-state index is 0.0869. The summed E-state index contributed by atoms with van der Waals surface area (Å²) in [6, 6.07) is 7.59. The van der Waals surface area contributed by atoms with E-state index in [1.165, 1.54) is 0 Å². The first-order chi connectivity index (χ1) is 9.65. The number of nitrogens with one attached hydrogen (secondary N) is 1. The fourth-order valence-corrected chi connectivity index (χ4v) is 2.46. The van der Waals surface area contributed by atoms with Crippen LogP contribution in [0, 0.1) is 0 Å². The Balaban J connectivity index is 1.67. The predicted molar refractivity (Wildman–Crippen MR) is 81.9 cm³/mol. The summed E-state index contributed by atoms with van der Waals surface area (Å²) in [5.41, 5.74) is 0.960. The number of nitrogens with zero attached hydrogens (tertiary/aromatic N) is 2. The molecule has 1 aromatic rings. The highest BCUT2D eigenvalue weighted by atomic mass is 35.5. The fourth-order valence-electron chi connectivity index (χ4n) is 2.26. The topological polar surface area (TPSA) is 35.6 Å². The molecule has 1 fully saturated rings. The molecule has 5 heteroatoms. The third-order valence-electron chi connectivity index (χ3n) is 3.68. The van der Waals surface area contributed by atoms with Crippen LogP contribution in [0.3, 0.4) is 0 Å². The number of benzene rings is 1. The molecule has 1 amide bonds. The lowest BCUT2D eigenvalue weighted by Crippen LogP contribution is -2.45. The lowest BCUT2D eigenvalue weighted by atomic mass is 10.2. The summed E-state index contributed by atoms with van der Waals surface area (Å²) in [6.07, 6.45) is 0.550. The Morgan fingerprint density at radius 1 is 1.25 bits per heavy atom. The van der Waals surface area contributed by atoms with Crippen LogP contribution in [0.1, 0.15) is 12.0 Å². The molecule has 0 unspecified atom stereocenters. The zero-order valence-corrected chi connectivity index (χ0v) is 12.7. The molecule has 4 nitrogen and oxygen atoms in total. The van der Waals surface area contributed by atoms with Crippen molar-refractivity contribution >= 4 is 17.5 Å². The zero-order chi connectivity index (χ0) is 14.4. The molecule has 1 saturated heterocycles. The first-order valence-corrected chi connectivity index (χ1v) is 7.44. The van der Waals surface area contributed by atoms with Gasteiger partial charge in [-0.25, -0.2) is 0 Å². The average Bonchev–Trinajstić information content (AvgIpc) is 2.46. The second-order valence-corrected chi connectivity index (χ2v) is 5.67. The normalized spacial score (nSPS) is 17.1. The highest BCUT2D eigenvalue weighted by molar-refractivity contribution is 6.31. The quantitative estimate of drug-likeness (QED) is 0.896. The Hall–Kier alpha value is -1.10. The van der Waals surface area contributed by atoms with Crippen LogP contribution in [0.25, 0.3) is 0 Å². The van der Waals surface area contributed by atoms with Crippen LogP contribution in [0.2, 0.25) is 5.02 Å². The van der Waals surface area contributed by atoms with E-state index >= 15 is 0 Å². The molecule has 0 radical (unpaired) electrons. The van der Waals surface area contributed by atoms with Crippen LogP contribution in [-0.4, -0.2) is 55.5 Å². The van der Waals surface area contributed by atoms with E-state index < -0.39 is 0 Å². The fraction of sp³-hybridized carbons (Fsp3) is 0.533. The standard InChI is InChI=1S/C15H22ClN3O/c1-18-8-10-19(11-9-18)7-6-15(20)17-12-13-4-2-3-5-14(13)16/h2-5H,6-12H2,1H3,(H,17,20). The van der Waals surface area contributed by atoms with Crippen LogP contribution < -0.4 is 5.32 Å². The number of halogens is 1. The Labute approximate surface area is 125 Å². The maximum atomic E-state index is 11.8. The number of rotatable bonds is 5. The first kappa shape index (κ1) is 15.3. The predicted octanol–water partition coefficient (Wildman–Crippen LogP) is 1.59. The van der Waals surface area contributed by atoms with E-state index in [-0.39, 0.29) is 5.91 Å². The van der Waals surface area contributed by atoms with Crippen molar-refractivity contribution in [1.29, 1.82) is 0 Å². The highest BCUT2D eigenvalue weighted by Gasteiger charge is 2.14. The molecule has 1 N–H and O–H groups in total. The van der Waals surface area contributed by atoms with Gasteiger partial charge in [-0.05, 0) is 18.7 Å². The van der Waals surface area contributed by atoms with Gasteiger partial charge in [0, 0.05) is 50.7 Å². The van der Waals surface area contributed by atoms with Gasteiger partial charge < -0.3 is 15.1 Å². The smallest absolute Gasteiger partial charge is 0.221 e. The molecule has 2 rings (SSSR count). The molecule has 0 aliphatic carbocycles. The molecule has 110 valence electrons. The van der Waals surface area contributed by atoms with Gasteiger partial charge in [-0.15, -0.1) is 0 Å². The number of carbonyl (C=O) groups excluding carboxylic acids is 1. The van der Waals surface area contributed by atoms with Crippen molar-refractivity contribution in [3.05, 3.63) is 34.9 Å². The molecule has 1 aliphatic heterocycles. The summed E-state index contributed by atoms with van der Waals surface area (Å²) >= 11 is 6.06. The summed E-state index contributed by atoms with van der Waals surface area (Å²) in [5.74, 6) is 0.0869. The molecule has 0 saturated carbocycles. The number of amides is 1. The summed E-state index contributed by atoms with van der Waals surface area (Å²) in [6.45, 7) is 5.61. The number of hydrogen-bond donors (Lipinski definition) is 1. The molecule has 20 heavy (non-hydrogen) atoms. The number of hydrogen-bond acceptors (Lipinski definition) is 3. The van der Waals surface area contributed by atoms with Crippen LogP contribution >= 0.6 is 11.6 Å². The maximum Gasteiger partial charge on any atom is 0.221 e. The number of likely N-dealkylation sites (N-methyl/N-ethyl adjacent to an activating group) is 1. The van der Waals surface area contributed by atoms with Crippen LogP contribution in [0.15, 0.2) is 24.3 Å². The monoisotopic (exact) mass is 295 g/mol. The Bertz CT molecular complexity index is 444. The third kappa shape index (κ3) is 4.78. The van der Waals surface area contributed by atoms with E-state index in [0.717, 1.165) is 38.3 Å². The van der Waals surface area contributed by atoms with Crippen molar-refractivity contribution in [3.8, 4) is 0 Å². The van der Waals surface area contributed by atoms with Gasteiger partial charge in [0.05, 0.1) is 0 Å². The summed E-state index contributed by atoms with van der Waals surface area (Å²) < 4.78 is 0. The zero-order valence-electron chi connectivity index (χ0n) is 11.9. The summed E-state index contributed by atoms with van der Waals surface area (Å²) in [5, 5.41) is 3.63. The summed E-state index contributed by atoms with van der Waals surface area (Å²) in [4.78, 5) is 16.5. The molecule has 0 bridgehead atoms. The Morgan fingerprint density at radius 3 is 2.65 bits per heavy atom. The van der Waals surface area contributed by atoms with Gasteiger partial charge in [0.1, 0.15) is 0 Å². The van der Waals surface area contributed by atoms with Gasteiger partial charge in [-0.1, -0.05) is 29.8 Å². The van der Waals surface area contributed by atoms with Crippen molar-refractivity contribution < 1.29 is 4.79 Å². The van der Waals surface area contributed by atoms with E-state index in [4.69, 9.17) is 11.6 Å². The van der Waals surface area contributed by atoms with Crippen LogP contribution in [-0.2, 0) is 11.3 Å². The minimum Gasteiger partial charge on any atom is -0.352 e. The van der Waals surface area contributed by atoms with Gasteiger partial charge in [0.15, 0.2) is 0 Å². The van der Waals surface area contributed by atoms with Gasteiger partial charge in [0.2, 0.25) is 5.91 Å². The maximum absolute atomic E-state index is 11.8. The third-order valence-corrected chi connectivity index (χ3v) is 4.05. The van der Waals surface area contributed by atoms with E-state index in [9.17, 15) is 4.79 Å². The molecule has 1 aliphatic rings. The minimum absolute atomic E-state index is 0.0869. The largest absolute Gasteiger partial charge is 0.352 e. The summed E-state index contributed by atoms with van der Waals surface area (Å²) in [7, 11) is 2.13. The lowest BCUT2D eigenvalue weighted by Gasteiger charge is -2.32. The molecule has 0 aromatic heterocycles. The van der Waals surface area contributed by atoms with Crippen molar-refractivity contribution in [1.82, 2.24) is 15.1 Å². The van der Waals surface area contributed by atoms with E-state index in [1.807, 2.05) is 24.3 Å². The van der Waals surface area contributed by atoms with Crippen molar-refractivity contribution in [2.45, 2.75) is 13.0 Å².